The highest BCUT2D eigenvalue weighted by Crippen LogP contribution is 2.26. The summed E-state index contributed by atoms with van der Waals surface area (Å²) in [6.45, 7) is 2.92. The normalized spacial score (nSPS) is 27.6. The highest BCUT2D eigenvalue weighted by molar-refractivity contribution is 8.00. The summed E-state index contributed by atoms with van der Waals surface area (Å²) in [4.78, 5) is 12.9. The standard InChI is InChI=1S/C9H17NO2S/c1-7-8(4-5-12-7)13-6-9(11)10(2)3/h7-8H,4-6H2,1-3H3/t7-,8-/m1/s1. The van der Waals surface area contributed by atoms with Gasteiger partial charge in [0.15, 0.2) is 0 Å². The van der Waals surface area contributed by atoms with E-state index in [1.54, 1.807) is 30.8 Å². The molecule has 0 radical (unpaired) electrons. The van der Waals surface area contributed by atoms with Gasteiger partial charge in [0.05, 0.1) is 11.9 Å². The molecule has 0 saturated carbocycles. The maximum absolute atomic E-state index is 11.3. The summed E-state index contributed by atoms with van der Waals surface area (Å²) in [5.41, 5.74) is 0. The molecule has 1 fully saturated rings. The molecule has 1 heterocycles. The highest BCUT2D eigenvalue weighted by Gasteiger charge is 2.25. The zero-order valence-electron chi connectivity index (χ0n) is 8.45. The molecule has 0 aromatic carbocycles. The van der Waals surface area contributed by atoms with E-state index in [1.807, 2.05) is 0 Å². The van der Waals surface area contributed by atoms with Crippen molar-refractivity contribution in [2.24, 2.45) is 0 Å². The fourth-order valence-corrected chi connectivity index (χ4v) is 2.47. The van der Waals surface area contributed by atoms with Crippen molar-refractivity contribution in [2.75, 3.05) is 26.5 Å². The second kappa shape index (κ2) is 4.86. The van der Waals surface area contributed by atoms with Crippen LogP contribution in [-0.2, 0) is 9.53 Å². The van der Waals surface area contributed by atoms with Crippen LogP contribution < -0.4 is 0 Å². The molecular formula is C9H17NO2S. The van der Waals surface area contributed by atoms with E-state index in [0.29, 0.717) is 17.1 Å². The van der Waals surface area contributed by atoms with Crippen LogP contribution in [0.5, 0.6) is 0 Å². The van der Waals surface area contributed by atoms with Crippen molar-refractivity contribution in [3.8, 4) is 0 Å². The minimum absolute atomic E-state index is 0.184. The number of carbonyl (C=O) groups excluding carboxylic acids is 1. The van der Waals surface area contributed by atoms with Crippen LogP contribution in [0.2, 0.25) is 0 Å². The Kier molecular flexibility index (Phi) is 4.06. The van der Waals surface area contributed by atoms with Crippen molar-refractivity contribution in [1.29, 1.82) is 0 Å². The van der Waals surface area contributed by atoms with Crippen molar-refractivity contribution < 1.29 is 9.53 Å². The third-order valence-corrected chi connectivity index (χ3v) is 3.69. The number of thioether (sulfide) groups is 1. The van der Waals surface area contributed by atoms with E-state index >= 15 is 0 Å². The first-order chi connectivity index (χ1) is 6.11. The van der Waals surface area contributed by atoms with Crippen LogP contribution in [0.3, 0.4) is 0 Å². The second-order valence-corrected chi connectivity index (χ2v) is 4.73. The Morgan fingerprint density at radius 3 is 2.77 bits per heavy atom. The minimum atomic E-state index is 0.184. The number of amides is 1. The number of rotatable bonds is 3. The molecule has 2 atom stereocenters. The first-order valence-electron chi connectivity index (χ1n) is 4.54. The third-order valence-electron chi connectivity index (χ3n) is 2.23. The summed E-state index contributed by atoms with van der Waals surface area (Å²) in [6, 6.07) is 0. The average Bonchev–Trinajstić information content (AvgIpc) is 2.47. The molecule has 0 unspecified atom stereocenters. The van der Waals surface area contributed by atoms with Crippen molar-refractivity contribution >= 4 is 17.7 Å². The molecule has 13 heavy (non-hydrogen) atoms. The lowest BCUT2D eigenvalue weighted by Gasteiger charge is -2.15. The lowest BCUT2D eigenvalue weighted by atomic mass is 10.3. The van der Waals surface area contributed by atoms with Gasteiger partial charge in [0.2, 0.25) is 5.91 Å². The van der Waals surface area contributed by atoms with Crippen molar-refractivity contribution in [3.63, 3.8) is 0 Å². The lowest BCUT2D eigenvalue weighted by Crippen LogP contribution is -2.25. The molecule has 1 aliphatic heterocycles. The van der Waals surface area contributed by atoms with Crippen molar-refractivity contribution in [1.82, 2.24) is 4.90 Å². The average molecular weight is 203 g/mol. The van der Waals surface area contributed by atoms with E-state index in [4.69, 9.17) is 4.74 Å². The van der Waals surface area contributed by atoms with E-state index in [2.05, 4.69) is 6.92 Å². The van der Waals surface area contributed by atoms with Gasteiger partial charge in [-0.1, -0.05) is 0 Å². The summed E-state index contributed by atoms with van der Waals surface area (Å²) < 4.78 is 5.41. The van der Waals surface area contributed by atoms with Crippen molar-refractivity contribution in [2.45, 2.75) is 24.7 Å². The molecule has 1 aliphatic rings. The van der Waals surface area contributed by atoms with Gasteiger partial charge in [0.25, 0.3) is 0 Å². The zero-order valence-corrected chi connectivity index (χ0v) is 9.26. The summed E-state index contributed by atoms with van der Waals surface area (Å²) in [5, 5.41) is 0.504. The molecule has 1 saturated heterocycles. The number of ether oxygens (including phenoxy) is 1. The fourth-order valence-electron chi connectivity index (χ4n) is 1.24. The summed E-state index contributed by atoms with van der Waals surface area (Å²) >= 11 is 1.71. The van der Waals surface area contributed by atoms with E-state index in [0.717, 1.165) is 13.0 Å². The molecule has 0 aliphatic carbocycles. The Labute approximate surface area is 83.8 Å². The Bertz CT molecular complexity index is 184. The maximum atomic E-state index is 11.3. The fraction of sp³-hybridized carbons (Fsp3) is 0.889. The minimum Gasteiger partial charge on any atom is -0.377 e. The Balaban J connectivity index is 2.22. The van der Waals surface area contributed by atoms with E-state index in [-0.39, 0.29) is 5.91 Å². The molecule has 0 spiro atoms. The Morgan fingerprint density at radius 1 is 1.62 bits per heavy atom. The summed E-state index contributed by atoms with van der Waals surface area (Å²) in [7, 11) is 3.58. The SMILES string of the molecule is C[C@H]1OCC[C@H]1SCC(=O)N(C)C. The van der Waals surface area contributed by atoms with Crippen LogP contribution in [0.1, 0.15) is 13.3 Å². The number of hydrogen-bond acceptors (Lipinski definition) is 3. The predicted molar refractivity (Wildman–Crippen MR) is 55.0 cm³/mol. The van der Waals surface area contributed by atoms with Crippen LogP contribution in [0.15, 0.2) is 0 Å². The monoisotopic (exact) mass is 203 g/mol. The van der Waals surface area contributed by atoms with Gasteiger partial charge in [0.1, 0.15) is 0 Å². The van der Waals surface area contributed by atoms with Crippen LogP contribution in [0, 0.1) is 0 Å². The molecule has 0 bridgehead atoms. The Hall–Kier alpha value is -0.220. The smallest absolute Gasteiger partial charge is 0.232 e. The second-order valence-electron chi connectivity index (χ2n) is 3.50. The molecule has 0 N–H and O–H groups in total. The first kappa shape index (κ1) is 10.9. The number of nitrogens with zero attached hydrogens (tertiary/aromatic N) is 1. The highest BCUT2D eigenvalue weighted by atomic mass is 32.2. The Morgan fingerprint density at radius 2 is 2.31 bits per heavy atom. The van der Waals surface area contributed by atoms with Gasteiger partial charge in [0, 0.05) is 26.0 Å². The van der Waals surface area contributed by atoms with Gasteiger partial charge < -0.3 is 9.64 Å². The van der Waals surface area contributed by atoms with Gasteiger partial charge in [-0.2, -0.15) is 0 Å². The zero-order chi connectivity index (χ0) is 9.84. The third kappa shape index (κ3) is 3.19. The van der Waals surface area contributed by atoms with E-state index in [9.17, 15) is 4.79 Å². The van der Waals surface area contributed by atoms with Gasteiger partial charge >= 0.3 is 0 Å². The van der Waals surface area contributed by atoms with Crippen LogP contribution in [0.25, 0.3) is 0 Å². The summed E-state index contributed by atoms with van der Waals surface area (Å²) in [6.07, 6.45) is 1.38. The van der Waals surface area contributed by atoms with Crippen LogP contribution in [-0.4, -0.2) is 48.6 Å². The summed E-state index contributed by atoms with van der Waals surface area (Å²) in [5.74, 6) is 0.759. The van der Waals surface area contributed by atoms with Crippen LogP contribution in [0.4, 0.5) is 0 Å². The van der Waals surface area contributed by atoms with Gasteiger partial charge in [-0.05, 0) is 13.3 Å². The largest absolute Gasteiger partial charge is 0.377 e. The molecule has 1 rings (SSSR count). The van der Waals surface area contributed by atoms with E-state index in [1.165, 1.54) is 0 Å². The molecular weight excluding hydrogens is 186 g/mol. The molecule has 76 valence electrons. The topological polar surface area (TPSA) is 29.5 Å². The maximum Gasteiger partial charge on any atom is 0.232 e. The van der Waals surface area contributed by atoms with E-state index < -0.39 is 0 Å². The molecule has 1 amide bonds. The molecule has 0 aromatic heterocycles. The van der Waals surface area contributed by atoms with Crippen molar-refractivity contribution in [3.05, 3.63) is 0 Å². The van der Waals surface area contributed by atoms with Gasteiger partial charge in [-0.3, -0.25) is 4.79 Å². The van der Waals surface area contributed by atoms with Gasteiger partial charge in [-0.15, -0.1) is 11.8 Å². The molecule has 3 nitrogen and oxygen atoms in total. The quantitative estimate of drug-likeness (QED) is 0.685. The number of carbonyl (C=O) groups is 1. The number of hydrogen-bond donors (Lipinski definition) is 0. The predicted octanol–water partition coefficient (Wildman–Crippen LogP) is 0.985. The molecule has 4 heteroatoms. The lowest BCUT2D eigenvalue weighted by molar-refractivity contribution is -0.125. The van der Waals surface area contributed by atoms with Gasteiger partial charge in [-0.25, -0.2) is 0 Å². The van der Waals surface area contributed by atoms with Crippen LogP contribution >= 0.6 is 11.8 Å². The first-order valence-corrected chi connectivity index (χ1v) is 5.59. The molecule has 0 aromatic rings.